The van der Waals surface area contributed by atoms with Crippen molar-refractivity contribution in [3.8, 4) is 0 Å². The first-order valence-corrected chi connectivity index (χ1v) is 8.82. The minimum absolute atomic E-state index is 0.0374. The van der Waals surface area contributed by atoms with E-state index in [9.17, 15) is 14.7 Å². The molecule has 0 radical (unpaired) electrons. The van der Waals surface area contributed by atoms with E-state index in [0.29, 0.717) is 5.56 Å². The second-order valence-electron chi connectivity index (χ2n) is 6.58. The van der Waals surface area contributed by atoms with Crippen LogP contribution in [0.3, 0.4) is 0 Å². The van der Waals surface area contributed by atoms with E-state index in [-0.39, 0.29) is 12.6 Å². The first-order chi connectivity index (χ1) is 13.0. The lowest BCUT2D eigenvalue weighted by atomic mass is 10.1. The van der Waals surface area contributed by atoms with Gasteiger partial charge in [-0.25, -0.2) is 0 Å². The molecule has 2 amide bonds. The molecule has 1 heterocycles. The highest BCUT2D eigenvalue weighted by Gasteiger charge is 2.18. The maximum Gasteiger partial charge on any atom is 0.309 e. The van der Waals surface area contributed by atoms with Gasteiger partial charge in [0.2, 0.25) is 0 Å². The van der Waals surface area contributed by atoms with E-state index in [2.05, 4.69) is 10.6 Å². The molecule has 0 bridgehead atoms. The second kappa shape index (κ2) is 8.05. The fourth-order valence-corrected chi connectivity index (χ4v) is 2.98. The molecule has 3 N–H and O–H groups in total. The van der Waals surface area contributed by atoms with Gasteiger partial charge >= 0.3 is 11.8 Å². The number of amides is 2. The van der Waals surface area contributed by atoms with E-state index in [0.717, 1.165) is 16.5 Å². The first-order valence-electron chi connectivity index (χ1n) is 8.82. The van der Waals surface area contributed by atoms with Gasteiger partial charge in [-0.3, -0.25) is 9.59 Å². The molecule has 3 aromatic rings. The maximum atomic E-state index is 12.0. The van der Waals surface area contributed by atoms with Crippen molar-refractivity contribution in [3.63, 3.8) is 0 Å². The number of aryl methyl sites for hydroxylation is 1. The fourth-order valence-electron chi connectivity index (χ4n) is 2.98. The number of hydrogen-bond acceptors (Lipinski definition) is 3. The predicted octanol–water partition coefficient (Wildman–Crippen LogP) is 2.21. The van der Waals surface area contributed by atoms with Crippen molar-refractivity contribution in [3.05, 3.63) is 71.9 Å². The highest BCUT2D eigenvalue weighted by atomic mass is 16.3. The number of hydrogen-bond donors (Lipinski definition) is 3. The van der Waals surface area contributed by atoms with Gasteiger partial charge in [0.05, 0.1) is 12.1 Å². The smallest absolute Gasteiger partial charge is 0.309 e. The van der Waals surface area contributed by atoms with Crippen LogP contribution in [0.15, 0.2) is 60.8 Å². The van der Waals surface area contributed by atoms with Gasteiger partial charge in [-0.15, -0.1) is 0 Å². The Morgan fingerprint density at radius 2 is 1.78 bits per heavy atom. The molecule has 0 fully saturated rings. The third-order valence-corrected chi connectivity index (χ3v) is 4.60. The Bertz CT molecular complexity index is 950. The average molecular weight is 365 g/mol. The number of aliphatic hydroxyl groups is 1. The molecule has 1 aromatic heterocycles. The standard InChI is InChI=1S/C21H23N3O3/c1-14(15-6-4-3-5-7-15)23-21(27)20(26)22-13-19(25)17-8-9-18-16(12-17)10-11-24(18)2/h3-12,14,19,25H,13H2,1-2H3,(H,22,26)(H,23,27). The summed E-state index contributed by atoms with van der Waals surface area (Å²) < 4.78 is 1.99. The number of benzene rings is 2. The van der Waals surface area contributed by atoms with E-state index in [1.54, 1.807) is 0 Å². The van der Waals surface area contributed by atoms with E-state index in [1.165, 1.54) is 0 Å². The average Bonchev–Trinajstić information content (AvgIpc) is 3.06. The third kappa shape index (κ3) is 4.35. The highest BCUT2D eigenvalue weighted by Crippen LogP contribution is 2.20. The van der Waals surface area contributed by atoms with Crippen molar-refractivity contribution in [1.82, 2.24) is 15.2 Å². The monoisotopic (exact) mass is 365 g/mol. The Hall–Kier alpha value is -3.12. The topological polar surface area (TPSA) is 83.4 Å². The van der Waals surface area contributed by atoms with Crippen LogP contribution in [0, 0.1) is 0 Å². The molecular formula is C21H23N3O3. The molecule has 140 valence electrons. The van der Waals surface area contributed by atoms with Crippen LogP contribution in [0.5, 0.6) is 0 Å². The molecule has 0 aliphatic carbocycles. The summed E-state index contributed by atoms with van der Waals surface area (Å²) in [5.74, 6) is -1.49. The number of carbonyl (C=O) groups is 2. The second-order valence-corrected chi connectivity index (χ2v) is 6.58. The van der Waals surface area contributed by atoms with Crippen LogP contribution in [0.1, 0.15) is 30.2 Å². The Kier molecular flexibility index (Phi) is 5.57. The van der Waals surface area contributed by atoms with Gasteiger partial charge in [0, 0.05) is 25.3 Å². The van der Waals surface area contributed by atoms with Crippen LogP contribution in [-0.2, 0) is 16.6 Å². The number of rotatable bonds is 5. The van der Waals surface area contributed by atoms with Crippen molar-refractivity contribution >= 4 is 22.7 Å². The molecule has 2 aromatic carbocycles. The van der Waals surface area contributed by atoms with Crippen LogP contribution in [0.4, 0.5) is 0 Å². The van der Waals surface area contributed by atoms with Crippen molar-refractivity contribution in [2.75, 3.05) is 6.54 Å². The summed E-state index contributed by atoms with van der Waals surface area (Å²) in [4.78, 5) is 24.1. The van der Waals surface area contributed by atoms with Crippen molar-refractivity contribution in [2.24, 2.45) is 7.05 Å². The van der Waals surface area contributed by atoms with Crippen LogP contribution in [-0.4, -0.2) is 28.0 Å². The summed E-state index contributed by atoms with van der Waals surface area (Å²) in [5.41, 5.74) is 2.66. The third-order valence-electron chi connectivity index (χ3n) is 4.60. The quantitative estimate of drug-likeness (QED) is 0.606. The van der Waals surface area contributed by atoms with E-state index < -0.39 is 17.9 Å². The summed E-state index contributed by atoms with van der Waals surface area (Å²) in [5, 5.41) is 16.5. The SMILES string of the molecule is CC(NC(=O)C(=O)NCC(O)c1ccc2c(ccn2C)c1)c1ccccc1. The van der Waals surface area contributed by atoms with E-state index in [1.807, 2.05) is 79.3 Å². The molecule has 2 atom stereocenters. The normalized spacial score (nSPS) is 13.1. The molecule has 0 aliphatic rings. The van der Waals surface area contributed by atoms with Gasteiger partial charge < -0.3 is 20.3 Å². The van der Waals surface area contributed by atoms with Crippen LogP contribution < -0.4 is 10.6 Å². The largest absolute Gasteiger partial charge is 0.387 e. The number of aromatic nitrogens is 1. The minimum atomic E-state index is -0.891. The van der Waals surface area contributed by atoms with Crippen LogP contribution in [0.2, 0.25) is 0 Å². The summed E-state index contributed by atoms with van der Waals surface area (Å²) in [7, 11) is 1.95. The zero-order valence-corrected chi connectivity index (χ0v) is 15.3. The lowest BCUT2D eigenvalue weighted by Gasteiger charge is -2.15. The molecule has 6 nitrogen and oxygen atoms in total. The number of nitrogens with zero attached hydrogens (tertiary/aromatic N) is 1. The van der Waals surface area contributed by atoms with Gasteiger partial charge in [-0.2, -0.15) is 0 Å². The zero-order chi connectivity index (χ0) is 19.4. The number of carbonyl (C=O) groups excluding carboxylic acids is 2. The molecule has 0 saturated carbocycles. The Balaban J connectivity index is 1.54. The Labute approximate surface area is 157 Å². The fraction of sp³-hybridized carbons (Fsp3) is 0.238. The van der Waals surface area contributed by atoms with Gasteiger partial charge in [0.15, 0.2) is 0 Å². The summed E-state index contributed by atoms with van der Waals surface area (Å²) in [6.07, 6.45) is 1.05. The van der Waals surface area contributed by atoms with Crippen LogP contribution in [0.25, 0.3) is 10.9 Å². The molecule has 3 rings (SSSR count). The van der Waals surface area contributed by atoms with Crippen molar-refractivity contribution < 1.29 is 14.7 Å². The lowest BCUT2D eigenvalue weighted by Crippen LogP contribution is -2.42. The van der Waals surface area contributed by atoms with Crippen molar-refractivity contribution in [2.45, 2.75) is 19.1 Å². The van der Waals surface area contributed by atoms with Gasteiger partial charge in [-0.05, 0) is 41.6 Å². The van der Waals surface area contributed by atoms with Crippen LogP contribution >= 0.6 is 0 Å². The molecule has 0 saturated heterocycles. The zero-order valence-electron chi connectivity index (χ0n) is 15.3. The molecule has 0 aliphatic heterocycles. The number of fused-ring (bicyclic) bond motifs is 1. The number of nitrogens with one attached hydrogen (secondary N) is 2. The minimum Gasteiger partial charge on any atom is -0.387 e. The van der Waals surface area contributed by atoms with Crippen molar-refractivity contribution in [1.29, 1.82) is 0 Å². The summed E-state index contributed by atoms with van der Waals surface area (Å²) in [6, 6.07) is 16.7. The first kappa shape index (κ1) is 18.7. The van der Waals surface area contributed by atoms with Gasteiger partial charge in [-0.1, -0.05) is 36.4 Å². The van der Waals surface area contributed by atoms with E-state index in [4.69, 9.17) is 0 Å². The molecule has 2 unspecified atom stereocenters. The molecule has 6 heteroatoms. The van der Waals surface area contributed by atoms with E-state index >= 15 is 0 Å². The highest BCUT2D eigenvalue weighted by molar-refractivity contribution is 6.35. The maximum absolute atomic E-state index is 12.0. The molecule has 0 spiro atoms. The lowest BCUT2D eigenvalue weighted by molar-refractivity contribution is -0.139. The molecule has 27 heavy (non-hydrogen) atoms. The number of aliphatic hydroxyl groups excluding tert-OH is 1. The summed E-state index contributed by atoms with van der Waals surface area (Å²) >= 11 is 0. The Morgan fingerprint density at radius 3 is 2.52 bits per heavy atom. The summed E-state index contributed by atoms with van der Waals surface area (Å²) in [6.45, 7) is 1.77. The molecular weight excluding hydrogens is 342 g/mol. The van der Waals surface area contributed by atoms with Gasteiger partial charge in [0.1, 0.15) is 0 Å². The Morgan fingerprint density at radius 1 is 1.04 bits per heavy atom. The predicted molar refractivity (Wildman–Crippen MR) is 104 cm³/mol. The van der Waals surface area contributed by atoms with Gasteiger partial charge in [0.25, 0.3) is 0 Å².